The minimum atomic E-state index is -0.128. The van der Waals surface area contributed by atoms with E-state index in [4.69, 9.17) is 16.3 Å². The van der Waals surface area contributed by atoms with E-state index in [2.05, 4.69) is 20.9 Å². The molecule has 0 aliphatic rings. The van der Waals surface area contributed by atoms with Gasteiger partial charge >= 0.3 is 0 Å². The average molecular weight is 424 g/mol. The summed E-state index contributed by atoms with van der Waals surface area (Å²) in [6, 6.07) is 10.9. The lowest BCUT2D eigenvalue weighted by molar-refractivity contribution is 0.0920. The van der Waals surface area contributed by atoms with Crippen LogP contribution >= 0.6 is 27.5 Å². The number of carbonyl (C=O) groups is 1. The molecule has 0 N–H and O–H groups in total. The van der Waals surface area contributed by atoms with Gasteiger partial charge in [-0.1, -0.05) is 23.7 Å². The number of halogens is 2. The van der Waals surface area contributed by atoms with Gasteiger partial charge < -0.3 is 9.64 Å². The third-order valence-electron chi connectivity index (χ3n) is 3.68. The molecule has 0 saturated heterocycles. The Kier molecular flexibility index (Phi) is 7.02. The van der Waals surface area contributed by atoms with Gasteiger partial charge in [0.15, 0.2) is 6.61 Å². The number of hydrogen-bond acceptors (Lipinski definition) is 3. The lowest BCUT2D eigenvalue weighted by Crippen LogP contribution is -2.14. The third kappa shape index (κ3) is 5.31. The minimum absolute atomic E-state index is 0.0546. The molecule has 0 aromatic heterocycles. The van der Waals surface area contributed by atoms with E-state index in [1.165, 1.54) is 0 Å². The van der Waals surface area contributed by atoms with Gasteiger partial charge in [-0.3, -0.25) is 4.79 Å². The SMILES string of the molecule is CCN(C)C=Nc1cc(C)c(C(=O)COc2ccccc2Br)cc1Cl. The summed E-state index contributed by atoms with van der Waals surface area (Å²) in [5.41, 5.74) is 2.00. The van der Waals surface area contributed by atoms with E-state index in [-0.39, 0.29) is 12.4 Å². The molecule has 0 heterocycles. The third-order valence-corrected chi connectivity index (χ3v) is 4.64. The number of para-hydroxylation sites is 1. The van der Waals surface area contributed by atoms with Crippen molar-refractivity contribution in [2.75, 3.05) is 20.2 Å². The van der Waals surface area contributed by atoms with Crippen molar-refractivity contribution in [1.29, 1.82) is 0 Å². The van der Waals surface area contributed by atoms with Crippen LogP contribution in [0.1, 0.15) is 22.8 Å². The van der Waals surface area contributed by atoms with Crippen LogP contribution in [0.2, 0.25) is 5.02 Å². The van der Waals surface area contributed by atoms with Crippen molar-refractivity contribution in [3.05, 3.63) is 57.0 Å². The molecular formula is C19H20BrClN2O2. The largest absolute Gasteiger partial charge is 0.484 e. The molecule has 25 heavy (non-hydrogen) atoms. The molecule has 0 radical (unpaired) electrons. The fraction of sp³-hybridized carbons (Fsp3) is 0.263. The van der Waals surface area contributed by atoms with Crippen molar-refractivity contribution in [2.24, 2.45) is 4.99 Å². The van der Waals surface area contributed by atoms with E-state index in [1.807, 2.05) is 50.1 Å². The Hall–Kier alpha value is -1.85. The summed E-state index contributed by atoms with van der Waals surface area (Å²) in [5, 5.41) is 0.440. The summed E-state index contributed by atoms with van der Waals surface area (Å²) in [7, 11) is 1.93. The van der Waals surface area contributed by atoms with Gasteiger partial charge in [0.05, 0.1) is 21.5 Å². The fourth-order valence-corrected chi connectivity index (χ4v) is 2.70. The molecule has 0 atom stereocenters. The number of carbonyl (C=O) groups excluding carboxylic acids is 1. The maximum atomic E-state index is 12.5. The first kappa shape index (κ1) is 19.5. The molecule has 2 aromatic carbocycles. The van der Waals surface area contributed by atoms with Gasteiger partial charge in [-0.05, 0) is 59.6 Å². The monoisotopic (exact) mass is 422 g/mol. The molecule has 4 nitrogen and oxygen atoms in total. The number of ether oxygens (including phenoxy) is 1. The summed E-state index contributed by atoms with van der Waals surface area (Å²) in [4.78, 5) is 18.8. The number of ketones is 1. The molecule has 2 aromatic rings. The van der Waals surface area contributed by atoms with Crippen molar-refractivity contribution in [2.45, 2.75) is 13.8 Å². The number of rotatable bonds is 7. The first-order valence-corrected chi connectivity index (χ1v) is 9.04. The first-order chi connectivity index (χ1) is 11.9. The van der Waals surface area contributed by atoms with E-state index < -0.39 is 0 Å². The van der Waals surface area contributed by atoms with Gasteiger partial charge in [-0.15, -0.1) is 0 Å². The Morgan fingerprint density at radius 3 is 2.76 bits per heavy atom. The second-order valence-corrected chi connectivity index (χ2v) is 6.84. The molecule has 0 spiro atoms. The van der Waals surface area contributed by atoms with Crippen LogP contribution < -0.4 is 4.74 Å². The number of aryl methyl sites for hydroxylation is 1. The summed E-state index contributed by atoms with van der Waals surface area (Å²) >= 11 is 9.68. The van der Waals surface area contributed by atoms with Gasteiger partial charge in [0.25, 0.3) is 0 Å². The topological polar surface area (TPSA) is 41.9 Å². The zero-order valence-electron chi connectivity index (χ0n) is 14.4. The van der Waals surface area contributed by atoms with Crippen LogP contribution in [0, 0.1) is 6.92 Å². The van der Waals surface area contributed by atoms with Crippen LogP contribution in [-0.2, 0) is 0 Å². The van der Waals surface area contributed by atoms with Crippen LogP contribution in [0.25, 0.3) is 0 Å². The molecule has 0 aliphatic carbocycles. The number of aliphatic imine (C=N–C) groups is 1. The zero-order valence-corrected chi connectivity index (χ0v) is 16.8. The van der Waals surface area contributed by atoms with Gasteiger partial charge in [0.2, 0.25) is 5.78 Å². The Balaban J connectivity index is 2.13. The molecular weight excluding hydrogens is 404 g/mol. The highest BCUT2D eigenvalue weighted by molar-refractivity contribution is 9.10. The highest BCUT2D eigenvalue weighted by Crippen LogP contribution is 2.29. The summed E-state index contributed by atoms with van der Waals surface area (Å²) in [6.07, 6.45) is 1.72. The minimum Gasteiger partial charge on any atom is -0.484 e. The molecule has 0 amide bonds. The van der Waals surface area contributed by atoms with E-state index in [9.17, 15) is 4.79 Å². The molecule has 0 bridgehead atoms. The van der Waals surface area contributed by atoms with E-state index in [1.54, 1.807) is 18.5 Å². The van der Waals surface area contributed by atoms with Crippen molar-refractivity contribution in [1.82, 2.24) is 4.90 Å². The maximum Gasteiger partial charge on any atom is 0.200 e. The summed E-state index contributed by atoms with van der Waals surface area (Å²) in [5.74, 6) is 0.500. The average Bonchev–Trinajstić information content (AvgIpc) is 2.60. The smallest absolute Gasteiger partial charge is 0.200 e. The number of benzene rings is 2. The number of nitrogens with zero attached hydrogens (tertiary/aromatic N) is 2. The second kappa shape index (κ2) is 9.02. The molecule has 0 saturated carbocycles. The Morgan fingerprint density at radius 1 is 1.36 bits per heavy atom. The standard InChI is InChI=1S/C19H20BrClN2O2/c1-4-23(3)12-22-17-9-13(2)14(10-16(17)21)18(24)11-25-19-8-6-5-7-15(19)20/h5-10,12H,4,11H2,1-3H3. The van der Waals surface area contributed by atoms with Crippen LogP contribution in [-0.4, -0.2) is 37.2 Å². The second-order valence-electron chi connectivity index (χ2n) is 5.58. The molecule has 2 rings (SSSR count). The predicted molar refractivity (Wildman–Crippen MR) is 107 cm³/mol. The van der Waals surface area contributed by atoms with Crippen molar-refractivity contribution < 1.29 is 9.53 Å². The quantitative estimate of drug-likeness (QED) is 0.345. The van der Waals surface area contributed by atoms with Gasteiger partial charge in [-0.2, -0.15) is 0 Å². The Morgan fingerprint density at radius 2 is 2.08 bits per heavy atom. The molecule has 132 valence electrons. The van der Waals surface area contributed by atoms with Gasteiger partial charge in [-0.25, -0.2) is 4.99 Å². The van der Waals surface area contributed by atoms with Gasteiger partial charge in [0, 0.05) is 19.2 Å². The lowest BCUT2D eigenvalue weighted by atomic mass is 10.0. The predicted octanol–water partition coefficient (Wildman–Crippen LogP) is 5.28. The van der Waals surface area contributed by atoms with Crippen LogP contribution in [0.5, 0.6) is 5.75 Å². The molecule has 0 fully saturated rings. The van der Waals surface area contributed by atoms with E-state index >= 15 is 0 Å². The van der Waals surface area contributed by atoms with Crippen LogP contribution in [0.4, 0.5) is 5.69 Å². The normalized spacial score (nSPS) is 10.9. The first-order valence-electron chi connectivity index (χ1n) is 7.87. The Bertz CT molecular complexity index is 793. The Labute approximate surface area is 161 Å². The maximum absolute atomic E-state index is 12.5. The molecule has 6 heteroatoms. The van der Waals surface area contributed by atoms with Crippen molar-refractivity contribution in [3.63, 3.8) is 0 Å². The molecule has 0 aliphatic heterocycles. The van der Waals surface area contributed by atoms with Crippen LogP contribution in [0.15, 0.2) is 45.9 Å². The highest BCUT2D eigenvalue weighted by atomic mass is 79.9. The molecule has 0 unspecified atom stereocenters. The van der Waals surface area contributed by atoms with E-state index in [0.29, 0.717) is 22.0 Å². The summed E-state index contributed by atoms with van der Waals surface area (Å²) in [6.45, 7) is 4.69. The number of Topliss-reactive ketones (excluding diaryl/α,β-unsaturated/α-hetero) is 1. The summed E-state index contributed by atoms with van der Waals surface area (Å²) < 4.78 is 6.40. The van der Waals surface area contributed by atoms with Crippen molar-refractivity contribution >= 4 is 45.3 Å². The van der Waals surface area contributed by atoms with Crippen molar-refractivity contribution in [3.8, 4) is 5.75 Å². The number of hydrogen-bond donors (Lipinski definition) is 0. The van der Waals surface area contributed by atoms with Crippen LogP contribution in [0.3, 0.4) is 0 Å². The highest BCUT2D eigenvalue weighted by Gasteiger charge is 2.14. The lowest BCUT2D eigenvalue weighted by Gasteiger charge is -2.11. The van der Waals surface area contributed by atoms with Gasteiger partial charge in [0.1, 0.15) is 5.75 Å². The zero-order chi connectivity index (χ0) is 18.4. The van der Waals surface area contributed by atoms with E-state index in [0.717, 1.165) is 16.6 Å². The fourth-order valence-electron chi connectivity index (χ4n) is 2.09.